The quantitative estimate of drug-likeness (QED) is 0.674. The van der Waals surface area contributed by atoms with E-state index in [2.05, 4.69) is 72.5 Å². The number of pyridine rings is 1. The van der Waals surface area contributed by atoms with Crippen molar-refractivity contribution >= 4 is 16.8 Å². The zero-order chi connectivity index (χ0) is 19.5. The van der Waals surface area contributed by atoms with E-state index in [1.165, 1.54) is 28.0 Å². The molecule has 3 heteroatoms. The van der Waals surface area contributed by atoms with Crippen LogP contribution in [0, 0.1) is 0 Å². The van der Waals surface area contributed by atoms with Crippen LogP contribution in [0.3, 0.4) is 0 Å². The molecule has 0 amide bonds. The monoisotopic (exact) mass is 368 g/mol. The molecule has 1 aromatic heterocycles. The Morgan fingerprint density at radius 3 is 2.32 bits per heavy atom. The molecule has 28 heavy (non-hydrogen) atoms. The van der Waals surface area contributed by atoms with E-state index in [0.29, 0.717) is 0 Å². The van der Waals surface area contributed by atoms with Crippen LogP contribution in [0.4, 0.5) is 5.69 Å². The Labute approximate surface area is 166 Å². The highest BCUT2D eigenvalue weighted by atomic mass is 16.3. The number of aromatic nitrogens is 1. The molecular formula is C25H24N2O. The van der Waals surface area contributed by atoms with Gasteiger partial charge >= 0.3 is 0 Å². The molecule has 0 aliphatic heterocycles. The Balaban J connectivity index is 1.55. The molecule has 1 heterocycles. The number of aliphatic hydroxyl groups is 1. The first-order valence-electron chi connectivity index (χ1n) is 9.49. The van der Waals surface area contributed by atoms with Crippen LogP contribution >= 0.6 is 0 Å². The summed E-state index contributed by atoms with van der Waals surface area (Å²) in [5.41, 5.74) is 9.03. The van der Waals surface area contributed by atoms with E-state index in [9.17, 15) is 5.11 Å². The Hall–Kier alpha value is -3.17. The first kappa shape index (κ1) is 18.2. The van der Waals surface area contributed by atoms with Gasteiger partial charge in [-0.3, -0.25) is 4.98 Å². The van der Waals surface area contributed by atoms with Crippen molar-refractivity contribution in [3.8, 4) is 11.3 Å². The number of aliphatic hydroxyl groups excluding tert-OH is 1. The second kappa shape index (κ2) is 7.83. The Morgan fingerprint density at radius 2 is 1.61 bits per heavy atom. The van der Waals surface area contributed by atoms with Crippen molar-refractivity contribution in [1.82, 2.24) is 4.98 Å². The van der Waals surface area contributed by atoms with Gasteiger partial charge in [0, 0.05) is 31.5 Å². The number of allylic oxidation sites excluding steroid dienone is 4. The highest BCUT2D eigenvalue weighted by Gasteiger charge is 2.14. The lowest BCUT2D eigenvalue weighted by Crippen LogP contribution is -2.08. The summed E-state index contributed by atoms with van der Waals surface area (Å²) in [5.74, 6) is 0. The van der Waals surface area contributed by atoms with E-state index in [1.54, 1.807) is 0 Å². The third-order valence-electron chi connectivity index (χ3n) is 5.22. The number of rotatable bonds is 5. The topological polar surface area (TPSA) is 36.4 Å². The van der Waals surface area contributed by atoms with E-state index in [1.807, 2.05) is 30.5 Å². The molecule has 140 valence electrons. The van der Waals surface area contributed by atoms with Crippen LogP contribution < -0.4 is 4.90 Å². The average molecular weight is 368 g/mol. The fourth-order valence-corrected chi connectivity index (χ4v) is 3.58. The molecule has 2 aromatic carbocycles. The molecule has 3 nitrogen and oxygen atoms in total. The normalized spacial score (nSPS) is 13.2. The van der Waals surface area contributed by atoms with Crippen LogP contribution in [0.2, 0.25) is 0 Å². The maximum absolute atomic E-state index is 9.62. The molecule has 0 saturated carbocycles. The van der Waals surface area contributed by atoms with Gasteiger partial charge in [-0.15, -0.1) is 0 Å². The summed E-state index contributed by atoms with van der Waals surface area (Å²) in [4.78, 5) is 6.64. The van der Waals surface area contributed by atoms with E-state index in [4.69, 9.17) is 0 Å². The van der Waals surface area contributed by atoms with E-state index < -0.39 is 0 Å². The molecule has 0 bridgehead atoms. The molecule has 1 aliphatic carbocycles. The van der Waals surface area contributed by atoms with Gasteiger partial charge in [-0.25, -0.2) is 0 Å². The second-order valence-corrected chi connectivity index (χ2v) is 7.25. The summed E-state index contributed by atoms with van der Waals surface area (Å²) < 4.78 is 0. The van der Waals surface area contributed by atoms with Gasteiger partial charge in [-0.05, 0) is 58.5 Å². The minimum Gasteiger partial charge on any atom is -0.392 e. The molecule has 0 saturated heterocycles. The van der Waals surface area contributed by atoms with Crippen LogP contribution in [-0.4, -0.2) is 24.2 Å². The minimum absolute atomic E-state index is 0.0133. The number of anilines is 1. The number of nitrogens with zero attached hydrogens (tertiary/aromatic N) is 2. The molecule has 0 unspecified atom stereocenters. The zero-order valence-electron chi connectivity index (χ0n) is 16.3. The van der Waals surface area contributed by atoms with Gasteiger partial charge in [0.15, 0.2) is 0 Å². The first-order chi connectivity index (χ1) is 13.7. The van der Waals surface area contributed by atoms with E-state index in [0.717, 1.165) is 23.2 Å². The number of benzene rings is 2. The number of hydrogen-bond donors (Lipinski definition) is 1. The average Bonchev–Trinajstić information content (AvgIpc) is 3.24. The number of hydrogen-bond acceptors (Lipinski definition) is 3. The van der Waals surface area contributed by atoms with Gasteiger partial charge in [0.25, 0.3) is 0 Å². The Kier molecular flexibility index (Phi) is 5.09. The van der Waals surface area contributed by atoms with Crippen molar-refractivity contribution in [2.24, 2.45) is 0 Å². The summed E-state index contributed by atoms with van der Waals surface area (Å²) in [7, 11) is 4.11. The van der Waals surface area contributed by atoms with Crippen molar-refractivity contribution in [2.75, 3.05) is 19.0 Å². The second-order valence-electron chi connectivity index (χ2n) is 7.25. The lowest BCUT2D eigenvalue weighted by molar-refractivity contribution is 0.282. The van der Waals surface area contributed by atoms with E-state index in [-0.39, 0.29) is 6.61 Å². The van der Waals surface area contributed by atoms with Gasteiger partial charge < -0.3 is 10.0 Å². The van der Waals surface area contributed by atoms with Crippen LogP contribution in [0.15, 0.2) is 79.0 Å². The van der Waals surface area contributed by atoms with E-state index >= 15 is 0 Å². The molecule has 1 N–H and O–H groups in total. The SMILES string of the molecule is CN(C)c1ccc(C2=CC=C(c3ccnc(-c4ccccc4CO)c3)C2)cc1. The fraction of sp³-hybridized carbons (Fsp3) is 0.160. The summed E-state index contributed by atoms with van der Waals surface area (Å²) in [6, 6.07) is 20.7. The van der Waals surface area contributed by atoms with Gasteiger partial charge in [0.2, 0.25) is 0 Å². The molecule has 1 aliphatic rings. The van der Waals surface area contributed by atoms with Gasteiger partial charge in [0.05, 0.1) is 12.3 Å². The maximum Gasteiger partial charge on any atom is 0.0711 e. The molecule has 0 spiro atoms. The highest BCUT2D eigenvalue weighted by molar-refractivity contribution is 5.87. The molecule has 4 rings (SSSR count). The zero-order valence-corrected chi connectivity index (χ0v) is 16.3. The molecule has 0 radical (unpaired) electrons. The third kappa shape index (κ3) is 3.62. The minimum atomic E-state index is 0.0133. The highest BCUT2D eigenvalue weighted by Crippen LogP contribution is 2.35. The predicted octanol–water partition coefficient (Wildman–Crippen LogP) is 5.18. The van der Waals surface area contributed by atoms with Crippen LogP contribution in [0.1, 0.15) is 23.1 Å². The lowest BCUT2D eigenvalue weighted by Gasteiger charge is -2.13. The van der Waals surface area contributed by atoms with Gasteiger partial charge in [0.1, 0.15) is 0 Å². The Morgan fingerprint density at radius 1 is 0.893 bits per heavy atom. The molecule has 0 atom stereocenters. The van der Waals surface area contributed by atoms with Crippen molar-refractivity contribution in [2.45, 2.75) is 13.0 Å². The van der Waals surface area contributed by atoms with Crippen LogP contribution in [0.25, 0.3) is 22.4 Å². The van der Waals surface area contributed by atoms with Gasteiger partial charge in [-0.2, -0.15) is 0 Å². The summed E-state index contributed by atoms with van der Waals surface area (Å²) in [5, 5.41) is 9.62. The van der Waals surface area contributed by atoms with Crippen molar-refractivity contribution in [1.29, 1.82) is 0 Å². The van der Waals surface area contributed by atoms with Crippen molar-refractivity contribution in [3.05, 3.63) is 95.7 Å². The third-order valence-corrected chi connectivity index (χ3v) is 5.22. The lowest BCUT2D eigenvalue weighted by atomic mass is 9.97. The van der Waals surface area contributed by atoms with Crippen molar-refractivity contribution < 1.29 is 5.11 Å². The molecule has 3 aromatic rings. The van der Waals surface area contributed by atoms with Gasteiger partial charge in [-0.1, -0.05) is 48.6 Å². The molecule has 0 fully saturated rings. The maximum atomic E-state index is 9.62. The molecular weight excluding hydrogens is 344 g/mol. The van der Waals surface area contributed by atoms with Crippen LogP contribution in [-0.2, 0) is 6.61 Å². The predicted molar refractivity (Wildman–Crippen MR) is 117 cm³/mol. The largest absolute Gasteiger partial charge is 0.392 e. The smallest absolute Gasteiger partial charge is 0.0711 e. The first-order valence-corrected chi connectivity index (χ1v) is 9.49. The Bertz CT molecular complexity index is 1050. The fourth-order valence-electron chi connectivity index (χ4n) is 3.58. The van der Waals surface area contributed by atoms with Crippen LogP contribution in [0.5, 0.6) is 0 Å². The summed E-state index contributed by atoms with van der Waals surface area (Å²) in [6.45, 7) is 0.0133. The summed E-state index contributed by atoms with van der Waals surface area (Å²) >= 11 is 0. The summed E-state index contributed by atoms with van der Waals surface area (Å²) in [6.07, 6.45) is 7.17. The standard InChI is InChI=1S/C25H24N2O/c1-27(2)23-11-9-18(10-12-23)19-7-8-20(15-19)21-13-14-26-25(16-21)24-6-4-3-5-22(24)17-28/h3-14,16,28H,15,17H2,1-2H3. The van der Waals surface area contributed by atoms with Crippen molar-refractivity contribution in [3.63, 3.8) is 0 Å².